The minimum Gasteiger partial charge on any atom is -0.528 e. The van der Waals surface area contributed by atoms with Gasteiger partial charge in [0, 0.05) is 5.39 Å². The van der Waals surface area contributed by atoms with E-state index in [4.69, 9.17) is 0 Å². The van der Waals surface area contributed by atoms with Crippen molar-refractivity contribution < 1.29 is 23.1 Å². The van der Waals surface area contributed by atoms with E-state index in [2.05, 4.69) is 5.10 Å². The van der Waals surface area contributed by atoms with Crippen molar-refractivity contribution in [3.8, 4) is 0 Å². The van der Waals surface area contributed by atoms with Crippen LogP contribution in [0.1, 0.15) is 5.69 Å². The molecule has 0 unspecified atom stereocenters. The van der Waals surface area contributed by atoms with Gasteiger partial charge in [0.05, 0.1) is 5.52 Å². The lowest BCUT2D eigenvalue weighted by Crippen LogP contribution is -2.29. The molecule has 0 fully saturated rings. The van der Waals surface area contributed by atoms with Crippen LogP contribution in [0.2, 0.25) is 0 Å². The summed E-state index contributed by atoms with van der Waals surface area (Å²) in [5.74, 6) is 0. The molecular weight excluding hydrogens is 225 g/mol. The van der Waals surface area contributed by atoms with E-state index in [1.807, 2.05) is 0 Å². The fourth-order valence-electron chi connectivity index (χ4n) is 1.41. The van der Waals surface area contributed by atoms with Crippen LogP contribution in [0.3, 0.4) is 0 Å². The van der Waals surface area contributed by atoms with Gasteiger partial charge in [-0.15, -0.1) is 0 Å². The van der Waals surface area contributed by atoms with Crippen molar-refractivity contribution in [2.24, 2.45) is 0 Å². The summed E-state index contributed by atoms with van der Waals surface area (Å²) >= 11 is 0. The number of halogens is 3. The molecule has 84 valence electrons. The van der Waals surface area contributed by atoms with Crippen LogP contribution in [0.15, 0.2) is 24.3 Å². The smallest absolute Gasteiger partial charge is 0.435 e. The predicted octanol–water partition coefficient (Wildman–Crippen LogP) is 1.25. The van der Waals surface area contributed by atoms with Crippen LogP contribution < -0.4 is 5.11 Å². The zero-order valence-electron chi connectivity index (χ0n) is 7.65. The molecule has 0 spiro atoms. The average Bonchev–Trinajstić information content (AvgIpc) is 2.56. The third kappa shape index (κ3) is 1.50. The Balaban J connectivity index is 2.82. The van der Waals surface area contributed by atoms with E-state index in [1.165, 1.54) is 18.2 Å². The second-order valence-corrected chi connectivity index (χ2v) is 3.04. The van der Waals surface area contributed by atoms with Crippen molar-refractivity contribution in [2.75, 3.05) is 0 Å². The molecule has 0 atom stereocenters. The maximum Gasteiger partial charge on any atom is 0.435 e. The standard InChI is InChI=1S/C9H5F3N2O2/c10-9(11,12)7-5-3-1-2-4-6(5)14(13-7)8(15)16/h1-4H,(H,15,16)/p-1. The molecule has 0 amide bonds. The molecule has 1 heterocycles. The number of hydrogen-bond acceptors (Lipinski definition) is 3. The van der Waals surface area contributed by atoms with Crippen molar-refractivity contribution in [2.45, 2.75) is 6.18 Å². The van der Waals surface area contributed by atoms with E-state index in [1.54, 1.807) is 0 Å². The predicted molar refractivity (Wildman–Crippen MR) is 45.5 cm³/mol. The maximum atomic E-state index is 12.5. The van der Waals surface area contributed by atoms with E-state index in [0.29, 0.717) is 0 Å². The van der Waals surface area contributed by atoms with Gasteiger partial charge in [-0.05, 0) is 6.07 Å². The van der Waals surface area contributed by atoms with Gasteiger partial charge in [-0.2, -0.15) is 18.3 Å². The van der Waals surface area contributed by atoms with Crippen LogP contribution in [0, 0.1) is 0 Å². The molecule has 0 aliphatic carbocycles. The lowest BCUT2D eigenvalue weighted by molar-refractivity contribution is -0.251. The molecule has 16 heavy (non-hydrogen) atoms. The second-order valence-electron chi connectivity index (χ2n) is 3.04. The van der Waals surface area contributed by atoms with Crippen molar-refractivity contribution in [3.63, 3.8) is 0 Å². The first-order valence-electron chi connectivity index (χ1n) is 4.17. The Kier molecular flexibility index (Phi) is 2.11. The van der Waals surface area contributed by atoms with E-state index in [9.17, 15) is 23.1 Å². The molecule has 0 aliphatic rings. The number of carbonyl (C=O) groups excluding carboxylic acids is 1. The zero-order chi connectivity index (χ0) is 11.9. The van der Waals surface area contributed by atoms with Gasteiger partial charge < -0.3 is 9.90 Å². The van der Waals surface area contributed by atoms with Gasteiger partial charge in [0.1, 0.15) is 0 Å². The number of carbonyl (C=O) groups is 1. The number of para-hydroxylation sites is 1. The third-order valence-corrected chi connectivity index (χ3v) is 2.03. The fourth-order valence-corrected chi connectivity index (χ4v) is 1.41. The van der Waals surface area contributed by atoms with Gasteiger partial charge in [0.2, 0.25) is 0 Å². The lowest BCUT2D eigenvalue weighted by atomic mass is 10.2. The molecule has 0 aliphatic heterocycles. The Morgan fingerprint density at radius 3 is 2.50 bits per heavy atom. The Bertz CT molecular complexity index is 559. The van der Waals surface area contributed by atoms with Crippen molar-refractivity contribution in [1.82, 2.24) is 9.78 Å². The van der Waals surface area contributed by atoms with Crippen LogP contribution in [0.5, 0.6) is 0 Å². The summed E-state index contributed by atoms with van der Waals surface area (Å²) in [5.41, 5.74) is -1.37. The molecule has 1 aromatic heterocycles. The molecule has 0 bridgehead atoms. The molecule has 0 N–H and O–H groups in total. The molecule has 1 aromatic carbocycles. The first-order valence-corrected chi connectivity index (χ1v) is 4.17. The van der Waals surface area contributed by atoms with E-state index in [0.717, 1.165) is 6.07 Å². The number of rotatable bonds is 0. The second kappa shape index (κ2) is 3.22. The van der Waals surface area contributed by atoms with Crippen LogP contribution in [-0.2, 0) is 6.18 Å². The number of nitrogens with zero attached hydrogens (tertiary/aromatic N) is 2. The average molecular weight is 229 g/mol. The number of aromatic nitrogens is 2. The minimum atomic E-state index is -4.69. The Morgan fingerprint density at radius 1 is 1.31 bits per heavy atom. The molecule has 0 saturated carbocycles. The third-order valence-electron chi connectivity index (χ3n) is 2.03. The van der Waals surface area contributed by atoms with E-state index >= 15 is 0 Å². The zero-order valence-corrected chi connectivity index (χ0v) is 7.65. The number of benzene rings is 1. The summed E-state index contributed by atoms with van der Waals surface area (Å²) in [6, 6.07) is 5.18. The quantitative estimate of drug-likeness (QED) is 0.683. The highest BCUT2D eigenvalue weighted by molar-refractivity contribution is 5.88. The van der Waals surface area contributed by atoms with Gasteiger partial charge in [-0.1, -0.05) is 18.2 Å². The van der Waals surface area contributed by atoms with Crippen LogP contribution in [-0.4, -0.2) is 15.9 Å². The van der Waals surface area contributed by atoms with E-state index in [-0.39, 0.29) is 15.6 Å². The number of carboxylic acid groups (broad SMARTS) is 1. The van der Waals surface area contributed by atoms with Crippen molar-refractivity contribution in [1.29, 1.82) is 0 Å². The van der Waals surface area contributed by atoms with Gasteiger partial charge in [0.25, 0.3) is 0 Å². The maximum absolute atomic E-state index is 12.5. The summed E-state index contributed by atoms with van der Waals surface area (Å²) in [4.78, 5) is 10.6. The SMILES string of the molecule is O=C([O-])n1nc(C(F)(F)F)c2ccccc21. The summed E-state index contributed by atoms with van der Waals surface area (Å²) in [6.07, 6.45) is -6.49. The molecule has 2 aromatic rings. The molecular formula is C9H4F3N2O2-. The Hall–Kier alpha value is -2.05. The lowest BCUT2D eigenvalue weighted by Gasteiger charge is -2.02. The largest absolute Gasteiger partial charge is 0.528 e. The molecule has 7 heteroatoms. The van der Waals surface area contributed by atoms with Crippen LogP contribution >= 0.6 is 0 Å². The Morgan fingerprint density at radius 2 is 1.94 bits per heavy atom. The van der Waals surface area contributed by atoms with Crippen LogP contribution in [0.4, 0.5) is 18.0 Å². The summed E-state index contributed by atoms with van der Waals surface area (Å²) in [6.45, 7) is 0. The topological polar surface area (TPSA) is 57.9 Å². The van der Waals surface area contributed by atoms with Crippen molar-refractivity contribution in [3.05, 3.63) is 30.0 Å². The molecule has 2 rings (SSSR count). The normalized spacial score (nSPS) is 11.9. The van der Waals surface area contributed by atoms with Crippen molar-refractivity contribution >= 4 is 17.0 Å². The fraction of sp³-hybridized carbons (Fsp3) is 0.111. The van der Waals surface area contributed by atoms with Gasteiger partial charge in [-0.25, -0.2) is 4.68 Å². The summed E-state index contributed by atoms with van der Waals surface area (Å²) in [5, 5.41) is 13.3. The van der Waals surface area contributed by atoms with Gasteiger partial charge in [0.15, 0.2) is 11.8 Å². The molecule has 4 nitrogen and oxygen atoms in total. The van der Waals surface area contributed by atoms with Gasteiger partial charge in [-0.3, -0.25) is 0 Å². The number of hydrogen-bond donors (Lipinski definition) is 0. The molecule has 0 radical (unpaired) electrons. The van der Waals surface area contributed by atoms with Crippen LogP contribution in [0.25, 0.3) is 10.9 Å². The molecule has 0 saturated heterocycles. The number of alkyl halides is 3. The first-order chi connectivity index (χ1) is 7.41. The highest BCUT2D eigenvalue weighted by Crippen LogP contribution is 2.33. The van der Waals surface area contributed by atoms with Gasteiger partial charge >= 0.3 is 6.18 Å². The highest BCUT2D eigenvalue weighted by atomic mass is 19.4. The summed E-state index contributed by atoms with van der Waals surface area (Å²) < 4.78 is 37.7. The monoisotopic (exact) mass is 229 g/mol. The number of fused-ring (bicyclic) bond motifs is 1. The first kappa shape index (κ1) is 10.5. The van der Waals surface area contributed by atoms with E-state index < -0.39 is 18.0 Å². The highest BCUT2D eigenvalue weighted by Gasteiger charge is 2.36. The minimum absolute atomic E-state index is 0.144. The Labute approximate surface area is 86.9 Å². The summed E-state index contributed by atoms with van der Waals surface area (Å²) in [7, 11) is 0.